The largest absolute Gasteiger partial charge is 0.469 e. The molecule has 2 aliphatic carbocycles. The first kappa shape index (κ1) is 21.8. The van der Waals surface area contributed by atoms with E-state index < -0.39 is 6.10 Å². The monoisotopic (exact) mass is 372 g/mol. The fourth-order valence-corrected chi connectivity index (χ4v) is 4.78. The number of ether oxygens (including phenoxy) is 1. The first-order chi connectivity index (χ1) is 13.0. The summed E-state index contributed by atoms with van der Waals surface area (Å²) < 4.78 is 4.70. The fraction of sp³-hybridized carbons (Fsp3) is 0.708. The topological polar surface area (TPSA) is 46.5 Å². The maximum atomic E-state index is 11.2. The second kappa shape index (κ2) is 10.7. The molecule has 2 aliphatic rings. The van der Waals surface area contributed by atoms with Gasteiger partial charge in [-0.05, 0) is 68.6 Å². The Labute approximate surface area is 165 Å². The minimum absolute atomic E-state index is 0.117. The summed E-state index contributed by atoms with van der Waals surface area (Å²) in [6, 6.07) is 0. The molecular formula is C24H36O3. The number of aliphatic hydroxyl groups excluding tert-OH is 1. The van der Waals surface area contributed by atoms with Gasteiger partial charge in [-0.25, -0.2) is 0 Å². The maximum absolute atomic E-state index is 11.2. The Balaban J connectivity index is 1.87. The van der Waals surface area contributed by atoms with Gasteiger partial charge in [-0.15, -0.1) is 11.8 Å². The molecule has 2 unspecified atom stereocenters. The fourth-order valence-electron chi connectivity index (χ4n) is 4.78. The van der Waals surface area contributed by atoms with Gasteiger partial charge in [-0.2, -0.15) is 0 Å². The van der Waals surface area contributed by atoms with E-state index in [1.807, 2.05) is 13.0 Å². The normalized spacial score (nSPS) is 30.8. The zero-order valence-corrected chi connectivity index (χ0v) is 17.4. The van der Waals surface area contributed by atoms with Crippen molar-refractivity contribution in [3.05, 3.63) is 23.8 Å². The van der Waals surface area contributed by atoms with Crippen molar-refractivity contribution in [2.45, 2.75) is 71.8 Å². The number of hydrogen-bond donors (Lipinski definition) is 1. The van der Waals surface area contributed by atoms with Crippen LogP contribution >= 0.6 is 0 Å². The predicted molar refractivity (Wildman–Crippen MR) is 110 cm³/mol. The predicted octanol–water partition coefficient (Wildman–Crippen LogP) is 4.90. The number of methoxy groups -OCH3 is 1. The van der Waals surface area contributed by atoms with Crippen LogP contribution in [0.3, 0.4) is 0 Å². The molecule has 2 saturated carbocycles. The van der Waals surface area contributed by atoms with E-state index in [4.69, 9.17) is 4.74 Å². The molecule has 0 saturated heterocycles. The van der Waals surface area contributed by atoms with Crippen LogP contribution in [0.25, 0.3) is 0 Å². The first-order valence-electron chi connectivity index (χ1n) is 10.5. The molecule has 0 amide bonds. The lowest BCUT2D eigenvalue weighted by Gasteiger charge is -2.19. The minimum Gasteiger partial charge on any atom is -0.469 e. The van der Waals surface area contributed by atoms with Crippen LogP contribution < -0.4 is 0 Å². The van der Waals surface area contributed by atoms with Crippen LogP contribution in [0.4, 0.5) is 0 Å². The molecule has 27 heavy (non-hydrogen) atoms. The van der Waals surface area contributed by atoms with E-state index in [1.165, 1.54) is 26.4 Å². The molecule has 150 valence electrons. The summed E-state index contributed by atoms with van der Waals surface area (Å²) in [4.78, 5) is 11.2. The third kappa shape index (κ3) is 6.25. The van der Waals surface area contributed by atoms with Crippen LogP contribution in [0.5, 0.6) is 0 Å². The quantitative estimate of drug-likeness (QED) is 0.285. The lowest BCUT2D eigenvalue weighted by molar-refractivity contribution is -0.140. The average molecular weight is 373 g/mol. The highest BCUT2D eigenvalue weighted by Gasteiger charge is 2.43. The summed E-state index contributed by atoms with van der Waals surface area (Å²) in [5, 5.41) is 10.4. The number of rotatable bonds is 8. The lowest BCUT2D eigenvalue weighted by atomic mass is 9.86. The van der Waals surface area contributed by atoms with Crippen molar-refractivity contribution in [2.75, 3.05) is 7.11 Å². The number of hydrogen-bond acceptors (Lipinski definition) is 3. The van der Waals surface area contributed by atoms with E-state index in [0.717, 1.165) is 25.2 Å². The number of fused-ring (bicyclic) bond motifs is 1. The van der Waals surface area contributed by atoms with Gasteiger partial charge < -0.3 is 9.84 Å². The van der Waals surface area contributed by atoms with Gasteiger partial charge in [0.15, 0.2) is 0 Å². The molecule has 0 aromatic rings. The molecule has 0 aromatic heterocycles. The van der Waals surface area contributed by atoms with Gasteiger partial charge in [0.2, 0.25) is 0 Å². The standard InChI is InChI=1S/C24H36O3/c1-5-6-9-17(2)23(25)13-12-21-18(3)14-20-15-19(16-22(20)21)10-7-8-11-24(26)27-4/h10,12-13,17-18,20-23,25H,7-9,11,14-16H2,1-4H3/b13-12+,19-10+/t17?,18-,20?,21+,22+,23+/m1/s1. The van der Waals surface area contributed by atoms with Gasteiger partial charge in [0, 0.05) is 12.8 Å². The summed E-state index contributed by atoms with van der Waals surface area (Å²) in [6.45, 7) is 6.26. The van der Waals surface area contributed by atoms with E-state index in [-0.39, 0.29) is 11.9 Å². The molecule has 2 rings (SSSR count). The molecule has 3 heteroatoms. The highest BCUT2D eigenvalue weighted by atomic mass is 16.5. The van der Waals surface area contributed by atoms with Crippen molar-refractivity contribution in [3.63, 3.8) is 0 Å². The van der Waals surface area contributed by atoms with Crippen molar-refractivity contribution in [3.8, 4) is 11.8 Å². The van der Waals surface area contributed by atoms with E-state index in [0.29, 0.717) is 24.2 Å². The highest BCUT2D eigenvalue weighted by molar-refractivity contribution is 5.69. The molecular weight excluding hydrogens is 336 g/mol. The van der Waals surface area contributed by atoms with Crippen molar-refractivity contribution in [2.24, 2.45) is 29.6 Å². The van der Waals surface area contributed by atoms with Crippen LogP contribution in [-0.2, 0) is 9.53 Å². The van der Waals surface area contributed by atoms with Crippen LogP contribution in [0.15, 0.2) is 23.8 Å². The SMILES string of the molecule is CC#CCC(C)[C@@H](O)/C=C/[C@H]1[C@H](C)CC2C/C(=C\CCCC(=O)OC)C[C@@H]21. The van der Waals surface area contributed by atoms with E-state index in [9.17, 15) is 9.90 Å². The van der Waals surface area contributed by atoms with Crippen molar-refractivity contribution >= 4 is 5.97 Å². The molecule has 1 N–H and O–H groups in total. The molecule has 0 bridgehead atoms. The van der Waals surface area contributed by atoms with Crippen LogP contribution in [0, 0.1) is 41.4 Å². The van der Waals surface area contributed by atoms with Gasteiger partial charge in [-0.3, -0.25) is 4.79 Å². The zero-order chi connectivity index (χ0) is 19.8. The molecule has 2 fully saturated rings. The third-order valence-electron chi connectivity index (χ3n) is 6.41. The maximum Gasteiger partial charge on any atom is 0.305 e. The van der Waals surface area contributed by atoms with Gasteiger partial charge in [0.1, 0.15) is 0 Å². The smallest absolute Gasteiger partial charge is 0.305 e. The minimum atomic E-state index is -0.410. The molecule has 0 radical (unpaired) electrons. The molecule has 0 aromatic carbocycles. The Bertz CT molecular complexity index is 607. The van der Waals surface area contributed by atoms with Crippen molar-refractivity contribution < 1.29 is 14.6 Å². The molecule has 6 atom stereocenters. The number of esters is 1. The Hall–Kier alpha value is -1.53. The van der Waals surface area contributed by atoms with Crippen LogP contribution in [0.2, 0.25) is 0 Å². The number of carbonyl (C=O) groups excluding carboxylic acids is 1. The van der Waals surface area contributed by atoms with Gasteiger partial charge >= 0.3 is 5.97 Å². The molecule has 0 heterocycles. The summed E-state index contributed by atoms with van der Waals surface area (Å²) in [5.74, 6) is 8.77. The third-order valence-corrected chi connectivity index (χ3v) is 6.41. The second-order valence-corrected chi connectivity index (χ2v) is 8.44. The lowest BCUT2D eigenvalue weighted by Crippen LogP contribution is -2.16. The van der Waals surface area contributed by atoms with Crippen LogP contribution in [-0.4, -0.2) is 24.3 Å². The highest BCUT2D eigenvalue weighted by Crippen LogP contribution is 2.53. The first-order valence-corrected chi connectivity index (χ1v) is 10.5. The Morgan fingerprint density at radius 1 is 1.41 bits per heavy atom. The number of unbranched alkanes of at least 4 members (excludes halogenated alkanes) is 1. The van der Waals surface area contributed by atoms with E-state index >= 15 is 0 Å². The van der Waals surface area contributed by atoms with Gasteiger partial charge in [-0.1, -0.05) is 37.6 Å². The van der Waals surface area contributed by atoms with Gasteiger partial charge in [0.05, 0.1) is 13.2 Å². The molecule has 3 nitrogen and oxygen atoms in total. The summed E-state index contributed by atoms with van der Waals surface area (Å²) in [6.07, 6.45) is 13.0. The summed E-state index contributed by atoms with van der Waals surface area (Å²) >= 11 is 0. The average Bonchev–Trinajstić information content (AvgIpc) is 3.17. The Kier molecular flexibility index (Phi) is 8.64. The summed E-state index contributed by atoms with van der Waals surface area (Å²) in [7, 11) is 1.45. The Morgan fingerprint density at radius 3 is 2.89 bits per heavy atom. The number of carbonyl (C=O) groups is 1. The van der Waals surface area contributed by atoms with Crippen molar-refractivity contribution in [1.82, 2.24) is 0 Å². The van der Waals surface area contributed by atoms with E-state index in [1.54, 1.807) is 5.57 Å². The molecule has 0 aliphatic heterocycles. The Morgan fingerprint density at radius 2 is 2.19 bits per heavy atom. The van der Waals surface area contributed by atoms with Crippen molar-refractivity contribution in [1.29, 1.82) is 0 Å². The van der Waals surface area contributed by atoms with E-state index in [2.05, 4.69) is 37.8 Å². The van der Waals surface area contributed by atoms with Crippen LogP contribution in [0.1, 0.15) is 65.7 Å². The second-order valence-electron chi connectivity index (χ2n) is 8.44. The summed E-state index contributed by atoms with van der Waals surface area (Å²) in [5.41, 5.74) is 1.56. The molecule has 0 spiro atoms. The number of allylic oxidation sites excluding steroid dienone is 3. The zero-order valence-electron chi connectivity index (χ0n) is 17.4. The number of aliphatic hydroxyl groups is 1. The van der Waals surface area contributed by atoms with Gasteiger partial charge in [0.25, 0.3) is 0 Å².